The van der Waals surface area contributed by atoms with Crippen molar-refractivity contribution < 1.29 is 19.4 Å². The van der Waals surface area contributed by atoms with Gasteiger partial charge in [-0.3, -0.25) is 0 Å². The molecule has 0 bridgehead atoms. The van der Waals surface area contributed by atoms with E-state index in [1.807, 2.05) is 51.1 Å². The summed E-state index contributed by atoms with van der Waals surface area (Å²) in [6.45, 7) is 6.19. The minimum atomic E-state index is -0.812. The Bertz CT molecular complexity index is 662. The summed E-state index contributed by atoms with van der Waals surface area (Å²) in [5, 5.41) is 12.7. The molecule has 0 saturated heterocycles. The molecule has 0 saturated carbocycles. The molecule has 0 aromatic heterocycles. The average Bonchev–Trinajstić information content (AvgIpc) is 2.58. The van der Waals surface area contributed by atoms with Gasteiger partial charge in [-0.05, 0) is 44.0 Å². The Morgan fingerprint density at radius 1 is 1.08 bits per heavy atom. The van der Waals surface area contributed by atoms with E-state index in [1.54, 1.807) is 24.3 Å². The van der Waals surface area contributed by atoms with Crippen molar-refractivity contribution in [2.45, 2.75) is 39.1 Å². The zero-order chi connectivity index (χ0) is 18.3. The molecule has 0 unspecified atom stereocenters. The lowest BCUT2D eigenvalue weighted by atomic mass is 10.1. The summed E-state index contributed by atoms with van der Waals surface area (Å²) in [6.07, 6.45) is -1.37. The van der Waals surface area contributed by atoms with E-state index in [0.29, 0.717) is 5.56 Å². The van der Waals surface area contributed by atoms with Crippen molar-refractivity contribution in [3.05, 3.63) is 65.7 Å². The third kappa shape index (κ3) is 6.85. The van der Waals surface area contributed by atoms with Gasteiger partial charge in [-0.2, -0.15) is 0 Å². The Morgan fingerprint density at radius 3 is 2.32 bits per heavy atom. The quantitative estimate of drug-likeness (QED) is 0.836. The van der Waals surface area contributed by atoms with Crippen LogP contribution >= 0.6 is 0 Å². The highest BCUT2D eigenvalue weighted by molar-refractivity contribution is 5.67. The second-order valence-electron chi connectivity index (χ2n) is 6.74. The maximum atomic E-state index is 11.7. The van der Waals surface area contributed by atoms with Crippen LogP contribution in [0.3, 0.4) is 0 Å². The predicted molar refractivity (Wildman–Crippen MR) is 96.4 cm³/mol. The first-order valence-electron chi connectivity index (χ1n) is 8.25. The number of carbonyl (C=O) groups excluding carboxylic acids is 1. The van der Waals surface area contributed by atoms with E-state index in [1.165, 1.54) is 0 Å². The molecule has 0 aliphatic carbocycles. The molecular weight excluding hydrogens is 318 g/mol. The fraction of sp³-hybridized carbons (Fsp3) is 0.350. The van der Waals surface area contributed by atoms with Crippen molar-refractivity contribution in [3.63, 3.8) is 0 Å². The van der Waals surface area contributed by atoms with Crippen molar-refractivity contribution in [1.29, 1.82) is 0 Å². The third-order valence-corrected chi connectivity index (χ3v) is 3.34. The molecule has 0 fully saturated rings. The Balaban J connectivity index is 1.77. The van der Waals surface area contributed by atoms with Crippen LogP contribution in [0.15, 0.2) is 54.6 Å². The predicted octanol–water partition coefficient (Wildman–Crippen LogP) is 3.82. The van der Waals surface area contributed by atoms with Crippen LogP contribution in [-0.4, -0.2) is 23.3 Å². The third-order valence-electron chi connectivity index (χ3n) is 3.34. The van der Waals surface area contributed by atoms with Crippen molar-refractivity contribution >= 4 is 6.09 Å². The molecule has 0 spiro atoms. The number of benzene rings is 2. The van der Waals surface area contributed by atoms with Crippen molar-refractivity contribution in [1.82, 2.24) is 5.32 Å². The highest BCUT2D eigenvalue weighted by atomic mass is 16.5. The number of amides is 1. The van der Waals surface area contributed by atoms with Gasteiger partial charge in [-0.15, -0.1) is 0 Å². The van der Waals surface area contributed by atoms with Gasteiger partial charge in [0.05, 0.1) is 12.6 Å². The topological polar surface area (TPSA) is 67.8 Å². The van der Waals surface area contributed by atoms with Crippen molar-refractivity contribution in [3.8, 4) is 5.75 Å². The number of hydrogen-bond donors (Lipinski definition) is 2. The van der Waals surface area contributed by atoms with Crippen molar-refractivity contribution in [2.75, 3.05) is 6.54 Å². The van der Waals surface area contributed by atoms with Gasteiger partial charge in [0.2, 0.25) is 0 Å². The first-order chi connectivity index (χ1) is 11.8. The summed E-state index contributed by atoms with van der Waals surface area (Å²) in [5.41, 5.74) is 1.33. The van der Waals surface area contributed by atoms with Crippen LogP contribution < -0.4 is 10.1 Å². The average molecular weight is 343 g/mol. The highest BCUT2D eigenvalue weighted by Gasteiger charge is 2.13. The minimum absolute atomic E-state index is 0.0765. The number of alkyl carbamates (subject to hydrolysis) is 1. The number of nitrogens with one attached hydrogen (secondary N) is 1. The SMILES string of the molecule is CC(C)(C)Oc1ccc([C@H](O)CNC(=O)OCc2ccccc2)cc1. The van der Waals surface area contributed by atoms with Gasteiger partial charge in [0, 0.05) is 0 Å². The van der Waals surface area contributed by atoms with E-state index in [-0.39, 0.29) is 18.8 Å². The maximum Gasteiger partial charge on any atom is 0.407 e. The zero-order valence-electron chi connectivity index (χ0n) is 14.9. The zero-order valence-corrected chi connectivity index (χ0v) is 14.9. The first-order valence-corrected chi connectivity index (χ1v) is 8.25. The lowest BCUT2D eigenvalue weighted by Crippen LogP contribution is -2.29. The molecule has 5 heteroatoms. The molecule has 25 heavy (non-hydrogen) atoms. The Labute approximate surface area is 148 Å². The number of hydrogen-bond acceptors (Lipinski definition) is 4. The van der Waals surface area contributed by atoms with Crippen LogP contribution in [0.25, 0.3) is 0 Å². The summed E-state index contributed by atoms with van der Waals surface area (Å²) in [4.78, 5) is 11.7. The van der Waals surface area contributed by atoms with E-state index >= 15 is 0 Å². The van der Waals surface area contributed by atoms with Gasteiger partial charge in [0.25, 0.3) is 0 Å². The lowest BCUT2D eigenvalue weighted by molar-refractivity contribution is 0.125. The van der Waals surface area contributed by atoms with Crippen LogP contribution in [0.1, 0.15) is 38.0 Å². The van der Waals surface area contributed by atoms with E-state index in [2.05, 4.69) is 5.32 Å². The molecule has 0 radical (unpaired) electrons. The molecule has 134 valence electrons. The number of aliphatic hydroxyl groups excluding tert-OH is 1. The molecular formula is C20H25NO4. The van der Waals surface area contributed by atoms with Crippen LogP contribution in [0.4, 0.5) is 4.79 Å². The largest absolute Gasteiger partial charge is 0.488 e. The first kappa shape index (κ1) is 18.8. The van der Waals surface area contributed by atoms with Gasteiger partial charge >= 0.3 is 6.09 Å². The smallest absolute Gasteiger partial charge is 0.407 e. The molecule has 2 rings (SSSR count). The normalized spacial score (nSPS) is 12.3. The highest BCUT2D eigenvalue weighted by Crippen LogP contribution is 2.21. The fourth-order valence-corrected chi connectivity index (χ4v) is 2.18. The lowest BCUT2D eigenvalue weighted by Gasteiger charge is -2.21. The van der Waals surface area contributed by atoms with Crippen LogP contribution in [-0.2, 0) is 11.3 Å². The Morgan fingerprint density at radius 2 is 1.72 bits per heavy atom. The molecule has 2 aromatic carbocycles. The molecule has 2 aromatic rings. The summed E-state index contributed by atoms with van der Waals surface area (Å²) >= 11 is 0. The second-order valence-corrected chi connectivity index (χ2v) is 6.74. The van der Waals surface area contributed by atoms with Crippen LogP contribution in [0, 0.1) is 0 Å². The van der Waals surface area contributed by atoms with Gasteiger partial charge in [-0.1, -0.05) is 42.5 Å². The fourth-order valence-electron chi connectivity index (χ4n) is 2.18. The summed E-state index contributed by atoms with van der Waals surface area (Å²) in [5.74, 6) is 0.735. The number of rotatable bonds is 6. The Kier molecular flexibility index (Phi) is 6.42. The molecule has 0 aliphatic heterocycles. The number of carbonyl (C=O) groups is 1. The minimum Gasteiger partial charge on any atom is -0.488 e. The molecule has 5 nitrogen and oxygen atoms in total. The molecule has 1 amide bonds. The molecule has 0 aliphatic rings. The Hall–Kier alpha value is -2.53. The number of ether oxygens (including phenoxy) is 2. The standard InChI is InChI=1S/C20H25NO4/c1-20(2,3)25-17-11-9-16(10-12-17)18(22)13-21-19(23)24-14-15-7-5-4-6-8-15/h4-12,18,22H,13-14H2,1-3H3,(H,21,23)/t18-/m1/s1. The van der Waals surface area contributed by atoms with Gasteiger partial charge in [-0.25, -0.2) is 4.79 Å². The van der Waals surface area contributed by atoms with Gasteiger partial charge < -0.3 is 19.9 Å². The van der Waals surface area contributed by atoms with Gasteiger partial charge in [0.1, 0.15) is 18.0 Å². The van der Waals surface area contributed by atoms with E-state index in [0.717, 1.165) is 11.3 Å². The molecule has 0 heterocycles. The van der Waals surface area contributed by atoms with E-state index in [9.17, 15) is 9.90 Å². The summed E-state index contributed by atoms with van der Waals surface area (Å²) in [7, 11) is 0. The molecule has 2 N–H and O–H groups in total. The van der Waals surface area contributed by atoms with Crippen LogP contribution in [0.2, 0.25) is 0 Å². The summed E-state index contributed by atoms with van der Waals surface area (Å²) < 4.78 is 10.8. The van der Waals surface area contributed by atoms with Gasteiger partial charge in [0.15, 0.2) is 0 Å². The van der Waals surface area contributed by atoms with Crippen LogP contribution in [0.5, 0.6) is 5.75 Å². The van der Waals surface area contributed by atoms with Crippen molar-refractivity contribution in [2.24, 2.45) is 0 Å². The van der Waals surface area contributed by atoms with E-state index < -0.39 is 12.2 Å². The second kappa shape index (κ2) is 8.53. The van der Waals surface area contributed by atoms with E-state index in [4.69, 9.17) is 9.47 Å². The molecule has 1 atom stereocenters. The summed E-state index contributed by atoms with van der Waals surface area (Å²) in [6, 6.07) is 16.6. The maximum absolute atomic E-state index is 11.7. The monoisotopic (exact) mass is 343 g/mol. The number of aliphatic hydroxyl groups is 1.